The van der Waals surface area contributed by atoms with Crippen molar-refractivity contribution in [3.8, 4) is 12.3 Å². The molecule has 0 fully saturated rings. The zero-order valence-corrected chi connectivity index (χ0v) is 9.59. The number of hydrogen-bond acceptors (Lipinski definition) is 2. The third-order valence-corrected chi connectivity index (χ3v) is 2.30. The first-order valence-electron chi connectivity index (χ1n) is 5.70. The maximum Gasteiger partial charge on any atom is 0.220 e. The van der Waals surface area contributed by atoms with Crippen LogP contribution in [0, 0.1) is 12.3 Å². The molecule has 0 aromatic rings. The van der Waals surface area contributed by atoms with Gasteiger partial charge in [-0.25, -0.2) is 0 Å². The van der Waals surface area contributed by atoms with E-state index < -0.39 is 0 Å². The van der Waals surface area contributed by atoms with Crippen LogP contribution in [-0.2, 0) is 4.79 Å². The standard InChI is InChI=1S/C12H22N2O/c1-3-11(4-2)14-12(15)9-7-5-6-8-10-13/h1,11H,4-10,13H2,2H3,(H,14,15). The van der Waals surface area contributed by atoms with E-state index in [4.69, 9.17) is 12.2 Å². The molecule has 0 aromatic carbocycles. The van der Waals surface area contributed by atoms with Crippen molar-refractivity contribution in [2.24, 2.45) is 5.73 Å². The first-order valence-corrected chi connectivity index (χ1v) is 5.70. The SMILES string of the molecule is C#CC(CC)NC(=O)CCCCCCN. The third kappa shape index (κ3) is 8.02. The number of terminal acetylenes is 1. The van der Waals surface area contributed by atoms with Gasteiger partial charge in [-0.2, -0.15) is 0 Å². The van der Waals surface area contributed by atoms with Gasteiger partial charge in [0.05, 0.1) is 6.04 Å². The van der Waals surface area contributed by atoms with E-state index in [0.717, 1.165) is 38.6 Å². The van der Waals surface area contributed by atoms with Crippen molar-refractivity contribution >= 4 is 5.91 Å². The summed E-state index contributed by atoms with van der Waals surface area (Å²) in [5, 5.41) is 2.81. The van der Waals surface area contributed by atoms with Crippen LogP contribution in [-0.4, -0.2) is 18.5 Å². The van der Waals surface area contributed by atoms with Crippen LogP contribution in [0.25, 0.3) is 0 Å². The van der Waals surface area contributed by atoms with Crippen molar-refractivity contribution in [2.75, 3.05) is 6.54 Å². The minimum absolute atomic E-state index is 0.0625. The Labute approximate surface area is 92.8 Å². The summed E-state index contributed by atoms with van der Waals surface area (Å²) in [7, 11) is 0. The molecule has 3 nitrogen and oxygen atoms in total. The lowest BCUT2D eigenvalue weighted by atomic mass is 10.1. The average Bonchev–Trinajstić information content (AvgIpc) is 2.25. The van der Waals surface area contributed by atoms with Gasteiger partial charge in [0.25, 0.3) is 0 Å². The van der Waals surface area contributed by atoms with Gasteiger partial charge in [0.15, 0.2) is 0 Å². The minimum Gasteiger partial charge on any atom is -0.342 e. The molecule has 1 atom stereocenters. The van der Waals surface area contributed by atoms with Crippen LogP contribution in [0.5, 0.6) is 0 Å². The van der Waals surface area contributed by atoms with Gasteiger partial charge >= 0.3 is 0 Å². The van der Waals surface area contributed by atoms with Gasteiger partial charge in [-0.3, -0.25) is 4.79 Å². The summed E-state index contributed by atoms with van der Waals surface area (Å²) in [6, 6.07) is -0.110. The van der Waals surface area contributed by atoms with Gasteiger partial charge in [-0.15, -0.1) is 6.42 Å². The highest BCUT2D eigenvalue weighted by Gasteiger charge is 2.06. The van der Waals surface area contributed by atoms with Gasteiger partial charge in [-0.1, -0.05) is 25.7 Å². The molecule has 0 aromatic heterocycles. The summed E-state index contributed by atoms with van der Waals surface area (Å²) >= 11 is 0. The molecule has 86 valence electrons. The molecule has 0 aliphatic rings. The van der Waals surface area contributed by atoms with E-state index in [9.17, 15) is 4.79 Å². The average molecular weight is 210 g/mol. The molecule has 0 saturated heterocycles. The number of rotatable bonds is 8. The number of nitrogens with one attached hydrogen (secondary N) is 1. The van der Waals surface area contributed by atoms with E-state index >= 15 is 0 Å². The van der Waals surface area contributed by atoms with Crippen LogP contribution in [0.4, 0.5) is 0 Å². The van der Waals surface area contributed by atoms with Crippen LogP contribution in [0.1, 0.15) is 45.4 Å². The largest absolute Gasteiger partial charge is 0.342 e. The van der Waals surface area contributed by atoms with Gasteiger partial charge in [0.2, 0.25) is 5.91 Å². The predicted molar refractivity (Wildman–Crippen MR) is 63.2 cm³/mol. The van der Waals surface area contributed by atoms with Crippen molar-refractivity contribution in [3.05, 3.63) is 0 Å². The second-order valence-corrected chi connectivity index (χ2v) is 3.65. The van der Waals surface area contributed by atoms with Crippen LogP contribution in [0.3, 0.4) is 0 Å². The van der Waals surface area contributed by atoms with Crippen molar-refractivity contribution in [1.29, 1.82) is 0 Å². The fourth-order valence-electron chi connectivity index (χ4n) is 1.31. The summed E-state index contributed by atoms with van der Waals surface area (Å²) in [6.07, 6.45) is 10.7. The monoisotopic (exact) mass is 210 g/mol. The molecule has 0 spiro atoms. The smallest absolute Gasteiger partial charge is 0.220 e. The van der Waals surface area contributed by atoms with E-state index in [2.05, 4.69) is 11.2 Å². The summed E-state index contributed by atoms with van der Waals surface area (Å²) in [5.41, 5.74) is 5.37. The van der Waals surface area contributed by atoms with Crippen molar-refractivity contribution in [2.45, 2.75) is 51.5 Å². The van der Waals surface area contributed by atoms with Crippen LogP contribution in [0.15, 0.2) is 0 Å². The first kappa shape index (κ1) is 14.0. The number of carbonyl (C=O) groups is 1. The molecule has 0 aliphatic carbocycles. The summed E-state index contributed by atoms with van der Waals surface area (Å²) < 4.78 is 0. The molecule has 15 heavy (non-hydrogen) atoms. The molecule has 1 unspecified atom stereocenters. The molecule has 0 radical (unpaired) electrons. The summed E-state index contributed by atoms with van der Waals surface area (Å²) in [4.78, 5) is 11.4. The Kier molecular flexibility index (Phi) is 8.90. The fourth-order valence-corrected chi connectivity index (χ4v) is 1.31. The maximum absolute atomic E-state index is 11.4. The Morgan fingerprint density at radius 2 is 2.07 bits per heavy atom. The van der Waals surface area contributed by atoms with Gasteiger partial charge < -0.3 is 11.1 Å². The van der Waals surface area contributed by atoms with Crippen LogP contribution >= 0.6 is 0 Å². The predicted octanol–water partition coefficient (Wildman–Crippen LogP) is 1.42. The zero-order chi connectivity index (χ0) is 11.5. The highest BCUT2D eigenvalue weighted by atomic mass is 16.1. The normalized spacial score (nSPS) is 11.8. The molecular formula is C12H22N2O. The number of unbranched alkanes of at least 4 members (excludes halogenated alkanes) is 3. The molecular weight excluding hydrogens is 188 g/mol. The first-order chi connectivity index (χ1) is 7.24. The number of amides is 1. The highest BCUT2D eigenvalue weighted by molar-refractivity contribution is 5.76. The van der Waals surface area contributed by atoms with Gasteiger partial charge in [0, 0.05) is 6.42 Å². The molecule has 0 rings (SSSR count). The molecule has 0 aliphatic heterocycles. The Morgan fingerprint density at radius 1 is 1.40 bits per heavy atom. The van der Waals surface area contributed by atoms with E-state index in [0.29, 0.717) is 6.42 Å². The van der Waals surface area contributed by atoms with E-state index in [-0.39, 0.29) is 11.9 Å². The Hall–Kier alpha value is -1.01. The molecule has 3 N–H and O–H groups in total. The molecule has 0 bridgehead atoms. The van der Waals surface area contributed by atoms with E-state index in [1.54, 1.807) is 0 Å². The van der Waals surface area contributed by atoms with Crippen molar-refractivity contribution in [1.82, 2.24) is 5.32 Å². The summed E-state index contributed by atoms with van der Waals surface area (Å²) in [5.74, 6) is 2.61. The number of carbonyl (C=O) groups excluding carboxylic acids is 1. The van der Waals surface area contributed by atoms with Crippen molar-refractivity contribution in [3.63, 3.8) is 0 Å². The molecule has 0 heterocycles. The Balaban J connectivity index is 3.45. The van der Waals surface area contributed by atoms with Gasteiger partial charge in [0.1, 0.15) is 0 Å². The lowest BCUT2D eigenvalue weighted by Crippen LogP contribution is -2.32. The fraction of sp³-hybridized carbons (Fsp3) is 0.750. The number of nitrogens with two attached hydrogens (primary N) is 1. The second-order valence-electron chi connectivity index (χ2n) is 3.65. The van der Waals surface area contributed by atoms with Gasteiger partial charge in [-0.05, 0) is 25.8 Å². The Bertz CT molecular complexity index is 208. The number of hydrogen-bond donors (Lipinski definition) is 2. The van der Waals surface area contributed by atoms with E-state index in [1.807, 2.05) is 6.92 Å². The lowest BCUT2D eigenvalue weighted by molar-refractivity contribution is -0.121. The Morgan fingerprint density at radius 3 is 2.60 bits per heavy atom. The van der Waals surface area contributed by atoms with E-state index in [1.165, 1.54) is 0 Å². The maximum atomic E-state index is 11.4. The quantitative estimate of drug-likeness (QED) is 0.470. The molecule has 1 amide bonds. The minimum atomic E-state index is -0.110. The zero-order valence-electron chi connectivity index (χ0n) is 9.59. The molecule has 3 heteroatoms. The third-order valence-electron chi connectivity index (χ3n) is 2.30. The highest BCUT2D eigenvalue weighted by Crippen LogP contribution is 2.02. The topological polar surface area (TPSA) is 55.1 Å². The van der Waals surface area contributed by atoms with Crippen LogP contribution in [0.2, 0.25) is 0 Å². The second kappa shape index (κ2) is 9.54. The molecule has 0 saturated carbocycles. The lowest BCUT2D eigenvalue weighted by Gasteiger charge is -2.10. The van der Waals surface area contributed by atoms with Crippen molar-refractivity contribution < 1.29 is 4.79 Å². The summed E-state index contributed by atoms with van der Waals surface area (Å²) in [6.45, 7) is 2.70. The van der Waals surface area contributed by atoms with Crippen LogP contribution < -0.4 is 11.1 Å².